The van der Waals surface area contributed by atoms with Crippen LogP contribution in [-0.2, 0) is 23.9 Å². The number of nitrogens with two attached hydrogens (primary N) is 1. The summed E-state index contributed by atoms with van der Waals surface area (Å²) >= 11 is 0. The Balaban J connectivity index is 1.40. The summed E-state index contributed by atoms with van der Waals surface area (Å²) in [6.07, 6.45) is 12.3. The summed E-state index contributed by atoms with van der Waals surface area (Å²) < 4.78 is 17.4. The first-order chi connectivity index (χ1) is 21.0. The summed E-state index contributed by atoms with van der Waals surface area (Å²) in [4.78, 5) is 43.0. The Labute approximate surface area is 263 Å². The number of likely N-dealkylation sites (tertiary alicyclic amines) is 1. The lowest BCUT2D eigenvalue weighted by Crippen LogP contribution is -2.40. The quantitative estimate of drug-likeness (QED) is 0.0776. The molecule has 1 aromatic carbocycles. The van der Waals surface area contributed by atoms with Gasteiger partial charge in [-0.3, -0.25) is 9.59 Å². The number of benzene rings is 1. The van der Waals surface area contributed by atoms with E-state index in [1.165, 1.54) is 19.3 Å². The zero-order valence-corrected chi connectivity index (χ0v) is 27.4. The number of carbonyl (C=O) groups is 3. The molecule has 3 aliphatic rings. The number of unbranched alkanes of at least 4 members (excludes halogenated alkanes) is 3. The molecular weight excluding hydrogens is 558 g/mol. The second kappa shape index (κ2) is 14.8. The van der Waals surface area contributed by atoms with Gasteiger partial charge in [0, 0.05) is 24.8 Å². The summed E-state index contributed by atoms with van der Waals surface area (Å²) in [5.74, 6) is 1.55. The van der Waals surface area contributed by atoms with Crippen LogP contribution in [0.4, 0.5) is 11.4 Å². The van der Waals surface area contributed by atoms with E-state index >= 15 is 0 Å². The van der Waals surface area contributed by atoms with Crippen molar-refractivity contribution in [2.24, 2.45) is 27.7 Å². The fourth-order valence-electron chi connectivity index (χ4n) is 7.23. The highest BCUT2D eigenvalue weighted by Gasteiger charge is 2.53. The maximum absolute atomic E-state index is 13.2. The Morgan fingerprint density at radius 3 is 2.50 bits per heavy atom. The Kier molecular flexibility index (Phi) is 11.4. The molecule has 0 unspecified atom stereocenters. The average molecular weight is 612 g/mol. The van der Waals surface area contributed by atoms with Crippen LogP contribution < -0.4 is 10.5 Å². The third-order valence-corrected chi connectivity index (χ3v) is 9.79. The standard InChI is InChI=1S/C35H53N3O6/c1-6-26-29(22-39)38(33(41)20-34(2,3)4)21-31(26)44-32(37-28-17-25(42-5)13-14-27(28)36)12-10-8-7-9-11-24-18-35(15-16-35)19-30(24)43-23-40/h13-14,17,22-24,26,29-31H,6-12,15-16,18-21,36H2,1-5H3/t24-,26+,29-,30-,31+/m1/s1. The van der Waals surface area contributed by atoms with Crippen LogP contribution >= 0.6 is 0 Å². The highest BCUT2D eigenvalue weighted by molar-refractivity contribution is 5.84. The zero-order chi connectivity index (χ0) is 31.9. The summed E-state index contributed by atoms with van der Waals surface area (Å²) in [5, 5.41) is 0. The van der Waals surface area contributed by atoms with Crippen molar-refractivity contribution in [3.05, 3.63) is 18.2 Å². The van der Waals surface area contributed by atoms with Crippen molar-refractivity contribution < 1.29 is 28.6 Å². The van der Waals surface area contributed by atoms with Gasteiger partial charge in [0.25, 0.3) is 6.47 Å². The Bertz CT molecular complexity index is 1170. The van der Waals surface area contributed by atoms with Gasteiger partial charge in [-0.2, -0.15) is 0 Å². The molecule has 244 valence electrons. The van der Waals surface area contributed by atoms with Crippen molar-refractivity contribution in [3.8, 4) is 5.75 Å². The van der Waals surface area contributed by atoms with Gasteiger partial charge in [0.15, 0.2) is 5.90 Å². The minimum absolute atomic E-state index is 0.0228. The van der Waals surface area contributed by atoms with Crippen LogP contribution in [0.5, 0.6) is 5.75 Å². The lowest BCUT2D eigenvalue weighted by Gasteiger charge is -2.26. The van der Waals surface area contributed by atoms with E-state index in [1.807, 2.05) is 27.7 Å². The lowest BCUT2D eigenvalue weighted by atomic mass is 9.91. The normalized spacial score (nSPS) is 26.1. The topological polar surface area (TPSA) is 121 Å². The summed E-state index contributed by atoms with van der Waals surface area (Å²) in [7, 11) is 1.60. The predicted molar refractivity (Wildman–Crippen MR) is 172 cm³/mol. The van der Waals surface area contributed by atoms with Gasteiger partial charge in [-0.25, -0.2) is 4.99 Å². The Morgan fingerprint density at radius 2 is 1.86 bits per heavy atom. The molecule has 1 saturated heterocycles. The molecule has 2 aliphatic carbocycles. The number of methoxy groups -OCH3 is 1. The van der Waals surface area contributed by atoms with Gasteiger partial charge in [-0.05, 0) is 73.8 Å². The molecule has 0 radical (unpaired) electrons. The minimum atomic E-state index is -0.514. The smallest absolute Gasteiger partial charge is 0.293 e. The molecule has 0 aromatic heterocycles. The van der Waals surface area contributed by atoms with Crippen molar-refractivity contribution in [1.29, 1.82) is 0 Å². The summed E-state index contributed by atoms with van der Waals surface area (Å²) in [6, 6.07) is 4.85. The first-order valence-corrected chi connectivity index (χ1v) is 16.5. The van der Waals surface area contributed by atoms with E-state index in [0.717, 1.165) is 44.8 Å². The number of aliphatic imine (C=N–C) groups is 1. The third-order valence-electron chi connectivity index (χ3n) is 9.79. The van der Waals surface area contributed by atoms with Crippen molar-refractivity contribution in [3.63, 3.8) is 0 Å². The van der Waals surface area contributed by atoms with Gasteiger partial charge in [-0.1, -0.05) is 47.0 Å². The number of carbonyl (C=O) groups excluding carboxylic acids is 3. The Morgan fingerprint density at radius 1 is 1.11 bits per heavy atom. The first kappa shape index (κ1) is 33.8. The SMILES string of the molecule is CC[C@@H]1[C@@H](OC(CCCCCC[C@@H]2CC3(CC3)C[C@H]2OC=O)=Nc2cc(OC)ccc2N)CN(C(=O)CC(C)(C)C)[C@@H]1C=O. The molecule has 3 fully saturated rings. The number of aldehydes is 1. The molecule has 9 heteroatoms. The molecule has 2 saturated carbocycles. The van der Waals surface area contributed by atoms with Crippen molar-refractivity contribution in [2.45, 2.75) is 123 Å². The molecule has 4 rings (SSSR count). The highest BCUT2D eigenvalue weighted by Crippen LogP contribution is 2.61. The van der Waals surface area contributed by atoms with Gasteiger partial charge in [0.1, 0.15) is 24.2 Å². The number of ether oxygens (including phenoxy) is 3. The number of hydrogen-bond donors (Lipinski definition) is 1. The second-order valence-corrected chi connectivity index (χ2v) is 14.5. The molecule has 9 nitrogen and oxygen atoms in total. The molecule has 0 bridgehead atoms. The van der Waals surface area contributed by atoms with Gasteiger partial charge in [0.05, 0.1) is 31.1 Å². The largest absolute Gasteiger partial charge is 0.497 e. The molecule has 1 aromatic rings. The lowest BCUT2D eigenvalue weighted by molar-refractivity contribution is -0.137. The number of rotatable bonds is 15. The predicted octanol–water partition coefficient (Wildman–Crippen LogP) is 6.64. The van der Waals surface area contributed by atoms with E-state index in [9.17, 15) is 14.4 Å². The first-order valence-electron chi connectivity index (χ1n) is 16.5. The molecule has 5 atom stereocenters. The summed E-state index contributed by atoms with van der Waals surface area (Å²) in [5.41, 5.74) is 7.66. The number of hydrogen-bond acceptors (Lipinski definition) is 8. The molecule has 1 heterocycles. The van der Waals surface area contributed by atoms with Crippen LogP contribution in [-0.4, -0.2) is 61.4 Å². The van der Waals surface area contributed by atoms with E-state index in [-0.39, 0.29) is 29.4 Å². The van der Waals surface area contributed by atoms with Gasteiger partial charge < -0.3 is 29.6 Å². The molecule has 44 heavy (non-hydrogen) atoms. The number of nitrogen functional groups attached to an aromatic ring is 1. The van der Waals surface area contributed by atoms with Crippen molar-refractivity contribution in [1.82, 2.24) is 4.90 Å². The van der Waals surface area contributed by atoms with Crippen molar-refractivity contribution in [2.75, 3.05) is 19.4 Å². The third kappa shape index (κ3) is 8.75. The Hall–Kier alpha value is -3.10. The van der Waals surface area contributed by atoms with Crippen LogP contribution in [0.25, 0.3) is 0 Å². The summed E-state index contributed by atoms with van der Waals surface area (Å²) in [6.45, 7) is 9.10. The van der Waals surface area contributed by atoms with Gasteiger partial charge in [0.2, 0.25) is 5.91 Å². The van der Waals surface area contributed by atoms with E-state index in [1.54, 1.807) is 30.2 Å². The van der Waals surface area contributed by atoms with E-state index < -0.39 is 6.04 Å². The zero-order valence-electron chi connectivity index (χ0n) is 27.4. The van der Waals surface area contributed by atoms with Crippen LogP contribution in [0.1, 0.15) is 105 Å². The second-order valence-electron chi connectivity index (χ2n) is 14.5. The molecule has 1 aliphatic heterocycles. The number of anilines is 1. The molecule has 1 amide bonds. The van der Waals surface area contributed by atoms with Crippen LogP contribution in [0.15, 0.2) is 23.2 Å². The van der Waals surface area contributed by atoms with Gasteiger partial charge in [-0.15, -0.1) is 0 Å². The highest BCUT2D eigenvalue weighted by atomic mass is 16.5. The van der Waals surface area contributed by atoms with E-state index in [0.29, 0.717) is 66.6 Å². The fourth-order valence-corrected chi connectivity index (χ4v) is 7.23. The van der Waals surface area contributed by atoms with E-state index in [4.69, 9.17) is 24.9 Å². The maximum atomic E-state index is 13.2. The van der Waals surface area contributed by atoms with Crippen LogP contribution in [0.3, 0.4) is 0 Å². The fraction of sp³-hybridized carbons (Fsp3) is 0.714. The van der Waals surface area contributed by atoms with Crippen LogP contribution in [0, 0.1) is 22.7 Å². The molecule has 1 spiro atoms. The average Bonchev–Trinajstić information content (AvgIpc) is 3.50. The number of amides is 1. The minimum Gasteiger partial charge on any atom is -0.497 e. The molecular formula is C35H53N3O6. The number of nitrogens with zero attached hydrogens (tertiary/aromatic N) is 2. The van der Waals surface area contributed by atoms with E-state index in [2.05, 4.69) is 0 Å². The van der Waals surface area contributed by atoms with Crippen LogP contribution in [0.2, 0.25) is 0 Å². The maximum Gasteiger partial charge on any atom is 0.293 e. The van der Waals surface area contributed by atoms with Crippen molar-refractivity contribution >= 4 is 35.9 Å². The van der Waals surface area contributed by atoms with Gasteiger partial charge >= 0.3 is 0 Å². The monoisotopic (exact) mass is 611 g/mol. The molecule has 2 N–H and O–H groups in total.